The van der Waals surface area contributed by atoms with Crippen molar-refractivity contribution >= 4 is 12.2 Å². The van der Waals surface area contributed by atoms with Crippen LogP contribution in [0.25, 0.3) is 0 Å². The highest BCUT2D eigenvalue weighted by atomic mass is 32.1. The van der Waals surface area contributed by atoms with Crippen LogP contribution in [0.4, 0.5) is 0 Å². The zero-order chi connectivity index (χ0) is 10.1. The lowest BCUT2D eigenvalue weighted by Crippen LogP contribution is -2.01. The molecule has 2 rings (SSSR count). The topological polar surface area (TPSA) is 51.4 Å². The van der Waals surface area contributed by atoms with Crippen LogP contribution in [-0.2, 0) is 13.6 Å². The lowest BCUT2D eigenvalue weighted by atomic mass is 10.3. The molecule has 0 aromatic carbocycles. The average Bonchev–Trinajstić information content (AvgIpc) is 2.67. The van der Waals surface area contributed by atoms with E-state index in [0.717, 1.165) is 17.9 Å². The van der Waals surface area contributed by atoms with Gasteiger partial charge in [0.2, 0.25) is 0 Å². The molecule has 0 radical (unpaired) electrons. The summed E-state index contributed by atoms with van der Waals surface area (Å²) in [5, 5.41) is 10.9. The number of rotatable bonds is 2. The maximum absolute atomic E-state index is 5.10. The highest BCUT2D eigenvalue weighted by molar-refractivity contribution is 7.71. The van der Waals surface area contributed by atoms with Gasteiger partial charge >= 0.3 is 0 Å². The Kier molecular flexibility index (Phi) is 2.20. The van der Waals surface area contributed by atoms with E-state index in [2.05, 4.69) is 15.3 Å². The third kappa shape index (κ3) is 1.60. The highest BCUT2D eigenvalue weighted by Crippen LogP contribution is 2.03. The summed E-state index contributed by atoms with van der Waals surface area (Å²) in [4.78, 5) is 0. The third-order valence-electron chi connectivity index (χ3n) is 2.05. The van der Waals surface area contributed by atoms with Gasteiger partial charge in [-0.05, 0) is 19.1 Å². The van der Waals surface area contributed by atoms with Crippen molar-refractivity contribution in [2.45, 2.75) is 13.5 Å². The Bertz CT molecular complexity index is 492. The first-order chi connectivity index (χ1) is 6.66. The van der Waals surface area contributed by atoms with Crippen molar-refractivity contribution in [2.24, 2.45) is 7.05 Å². The molecule has 14 heavy (non-hydrogen) atoms. The van der Waals surface area contributed by atoms with Crippen molar-refractivity contribution in [3.63, 3.8) is 0 Å². The Morgan fingerprint density at radius 3 is 2.86 bits per heavy atom. The molecule has 6 heteroatoms. The van der Waals surface area contributed by atoms with Gasteiger partial charge in [0, 0.05) is 18.8 Å². The van der Waals surface area contributed by atoms with Crippen LogP contribution in [0.1, 0.15) is 11.4 Å². The molecule has 0 aliphatic carbocycles. The Morgan fingerprint density at radius 1 is 1.57 bits per heavy atom. The fourth-order valence-corrected chi connectivity index (χ4v) is 1.56. The molecule has 2 aromatic rings. The number of hydrogen-bond acceptors (Lipinski definition) is 3. The Morgan fingerprint density at radius 2 is 2.36 bits per heavy atom. The Labute approximate surface area is 86.4 Å². The van der Waals surface area contributed by atoms with Crippen LogP contribution in [-0.4, -0.2) is 24.5 Å². The molecule has 0 amide bonds. The third-order valence-corrected chi connectivity index (χ3v) is 2.36. The summed E-state index contributed by atoms with van der Waals surface area (Å²) in [6.07, 6.45) is 3.79. The average molecular weight is 209 g/mol. The SMILES string of the molecule is Cc1n[nH]c(=S)n1Cc1cnn(C)c1. The number of nitrogens with one attached hydrogen (secondary N) is 1. The maximum Gasteiger partial charge on any atom is 0.195 e. The van der Waals surface area contributed by atoms with Gasteiger partial charge in [-0.1, -0.05) is 0 Å². The van der Waals surface area contributed by atoms with Gasteiger partial charge in [0.05, 0.1) is 12.7 Å². The minimum Gasteiger partial charge on any atom is -0.300 e. The van der Waals surface area contributed by atoms with Crippen LogP contribution in [0.15, 0.2) is 12.4 Å². The molecule has 0 saturated carbocycles. The molecule has 0 fully saturated rings. The number of H-pyrrole nitrogens is 1. The van der Waals surface area contributed by atoms with Crippen LogP contribution in [0.3, 0.4) is 0 Å². The van der Waals surface area contributed by atoms with Gasteiger partial charge in [-0.3, -0.25) is 14.3 Å². The van der Waals surface area contributed by atoms with E-state index in [1.165, 1.54) is 0 Å². The first-order valence-corrected chi connectivity index (χ1v) is 4.67. The van der Waals surface area contributed by atoms with E-state index >= 15 is 0 Å². The molecule has 74 valence electrons. The molecule has 0 atom stereocenters. The van der Waals surface area contributed by atoms with E-state index in [9.17, 15) is 0 Å². The van der Waals surface area contributed by atoms with Gasteiger partial charge in [0.1, 0.15) is 5.82 Å². The molecule has 0 aliphatic rings. The smallest absolute Gasteiger partial charge is 0.195 e. The van der Waals surface area contributed by atoms with Crippen LogP contribution < -0.4 is 0 Å². The largest absolute Gasteiger partial charge is 0.300 e. The quantitative estimate of drug-likeness (QED) is 0.752. The Hall–Kier alpha value is -1.43. The first-order valence-electron chi connectivity index (χ1n) is 4.26. The van der Waals surface area contributed by atoms with E-state index in [4.69, 9.17) is 12.2 Å². The second-order valence-electron chi connectivity index (χ2n) is 3.18. The Balaban J connectivity index is 2.31. The number of aromatic nitrogens is 5. The van der Waals surface area contributed by atoms with E-state index in [0.29, 0.717) is 4.77 Å². The second-order valence-corrected chi connectivity index (χ2v) is 3.57. The predicted octanol–water partition coefficient (Wildman–Crippen LogP) is 1.03. The van der Waals surface area contributed by atoms with Crippen molar-refractivity contribution in [3.8, 4) is 0 Å². The number of hydrogen-bond donors (Lipinski definition) is 1. The standard InChI is InChI=1S/C8H11N5S/c1-6-10-11-8(14)13(6)5-7-3-9-12(2)4-7/h3-4H,5H2,1-2H3,(H,11,14). The second kappa shape index (κ2) is 3.38. The van der Waals surface area contributed by atoms with Gasteiger partial charge in [0.15, 0.2) is 4.77 Å². The molecule has 0 spiro atoms. The monoisotopic (exact) mass is 209 g/mol. The minimum absolute atomic E-state index is 0.645. The van der Waals surface area contributed by atoms with Crippen molar-refractivity contribution in [1.29, 1.82) is 0 Å². The molecule has 0 unspecified atom stereocenters. The molecule has 5 nitrogen and oxygen atoms in total. The number of aryl methyl sites for hydroxylation is 2. The summed E-state index contributed by atoms with van der Waals surface area (Å²) in [7, 11) is 1.89. The maximum atomic E-state index is 5.10. The highest BCUT2D eigenvalue weighted by Gasteiger charge is 2.02. The fraction of sp³-hybridized carbons (Fsp3) is 0.375. The van der Waals surface area contributed by atoms with Gasteiger partial charge in [0.25, 0.3) is 0 Å². The normalized spacial score (nSPS) is 10.7. The van der Waals surface area contributed by atoms with Crippen molar-refractivity contribution < 1.29 is 0 Å². The van der Waals surface area contributed by atoms with Gasteiger partial charge in [-0.2, -0.15) is 10.2 Å². The lowest BCUT2D eigenvalue weighted by molar-refractivity contribution is 0.744. The van der Waals surface area contributed by atoms with Crippen molar-refractivity contribution in [1.82, 2.24) is 24.5 Å². The molecule has 0 saturated heterocycles. The molecule has 1 N–H and O–H groups in total. The molecule has 0 aliphatic heterocycles. The van der Waals surface area contributed by atoms with Gasteiger partial charge in [-0.25, -0.2) is 0 Å². The summed E-state index contributed by atoms with van der Waals surface area (Å²) >= 11 is 5.10. The first kappa shape index (κ1) is 9.14. The van der Waals surface area contributed by atoms with Crippen LogP contribution in [0, 0.1) is 11.7 Å². The zero-order valence-electron chi connectivity index (χ0n) is 8.06. The molecule has 2 heterocycles. The summed E-state index contributed by atoms with van der Waals surface area (Å²) < 4.78 is 4.35. The van der Waals surface area contributed by atoms with Gasteiger partial charge in [-0.15, -0.1) is 0 Å². The number of nitrogens with zero attached hydrogens (tertiary/aromatic N) is 4. The summed E-state index contributed by atoms with van der Waals surface area (Å²) in [6.45, 7) is 2.64. The lowest BCUT2D eigenvalue weighted by Gasteiger charge is -1.99. The molecular weight excluding hydrogens is 198 g/mol. The van der Waals surface area contributed by atoms with E-state index in [-0.39, 0.29) is 0 Å². The van der Waals surface area contributed by atoms with Crippen LogP contribution >= 0.6 is 12.2 Å². The number of aromatic amines is 1. The molecule has 2 aromatic heterocycles. The van der Waals surface area contributed by atoms with Crippen LogP contribution in [0.5, 0.6) is 0 Å². The van der Waals surface area contributed by atoms with Crippen molar-refractivity contribution in [3.05, 3.63) is 28.6 Å². The molecule has 0 bridgehead atoms. The van der Waals surface area contributed by atoms with E-state index in [1.807, 2.05) is 30.9 Å². The minimum atomic E-state index is 0.645. The summed E-state index contributed by atoms with van der Waals surface area (Å²) in [5.41, 5.74) is 1.12. The van der Waals surface area contributed by atoms with Crippen LogP contribution in [0.2, 0.25) is 0 Å². The van der Waals surface area contributed by atoms with Crippen molar-refractivity contribution in [2.75, 3.05) is 0 Å². The summed E-state index contributed by atoms with van der Waals surface area (Å²) in [5.74, 6) is 0.888. The van der Waals surface area contributed by atoms with Gasteiger partial charge < -0.3 is 0 Å². The van der Waals surface area contributed by atoms with E-state index < -0.39 is 0 Å². The van der Waals surface area contributed by atoms with E-state index in [1.54, 1.807) is 4.68 Å². The predicted molar refractivity (Wildman–Crippen MR) is 54.5 cm³/mol. The fourth-order valence-electron chi connectivity index (χ4n) is 1.32. The zero-order valence-corrected chi connectivity index (χ0v) is 8.88. The summed E-state index contributed by atoms with van der Waals surface area (Å²) in [6, 6.07) is 0. The molecular formula is C8H11N5S.